The summed E-state index contributed by atoms with van der Waals surface area (Å²) in [5, 5.41) is 6.46. The third-order valence-electron chi connectivity index (χ3n) is 5.86. The van der Waals surface area contributed by atoms with Crippen molar-refractivity contribution in [3.05, 3.63) is 66.4 Å². The summed E-state index contributed by atoms with van der Waals surface area (Å²) < 4.78 is 0. The fraction of sp³-hybridized carbons (Fsp3) is 0.360. The molecule has 2 heterocycles. The van der Waals surface area contributed by atoms with E-state index in [4.69, 9.17) is 5.73 Å². The van der Waals surface area contributed by atoms with Gasteiger partial charge in [-0.05, 0) is 68.4 Å². The van der Waals surface area contributed by atoms with Crippen molar-refractivity contribution in [3.8, 4) is 11.1 Å². The van der Waals surface area contributed by atoms with Gasteiger partial charge >= 0.3 is 0 Å². The maximum atomic E-state index is 13.3. The van der Waals surface area contributed by atoms with Crippen LogP contribution in [-0.4, -0.2) is 51.9 Å². The number of nitrogens with one attached hydrogen (secondary N) is 2. The molecule has 0 spiro atoms. The van der Waals surface area contributed by atoms with Crippen molar-refractivity contribution in [2.75, 3.05) is 19.4 Å². The topological polar surface area (TPSA) is 109 Å². The van der Waals surface area contributed by atoms with Crippen LogP contribution in [0.1, 0.15) is 41.6 Å². The summed E-state index contributed by atoms with van der Waals surface area (Å²) in [6.45, 7) is 0.762. The molecule has 2 aromatic heterocycles. The van der Waals surface area contributed by atoms with Crippen LogP contribution in [0.25, 0.3) is 11.1 Å². The minimum absolute atomic E-state index is 0.00359. The van der Waals surface area contributed by atoms with Crippen LogP contribution in [0.4, 0.5) is 11.5 Å². The summed E-state index contributed by atoms with van der Waals surface area (Å²) in [5.41, 5.74) is 10.5. The van der Waals surface area contributed by atoms with Gasteiger partial charge in [0, 0.05) is 54.0 Å². The van der Waals surface area contributed by atoms with Gasteiger partial charge in [0.1, 0.15) is 12.1 Å². The van der Waals surface area contributed by atoms with E-state index in [1.165, 1.54) is 6.33 Å². The Labute approximate surface area is 194 Å². The Morgan fingerprint density at radius 1 is 1.12 bits per heavy atom. The number of nitrogens with zero attached hydrogens (tertiary/aromatic N) is 4. The largest absolute Gasteiger partial charge is 0.348 e. The SMILES string of the molecule is CN(C)Cc1cncc(-c2cc(Nc3ccncn3)ccc2C(=O)NC2CCCCC2N)c1. The third kappa shape index (κ3) is 5.91. The van der Waals surface area contributed by atoms with Gasteiger partial charge in [0.2, 0.25) is 0 Å². The molecular weight excluding hydrogens is 414 g/mol. The number of hydrogen-bond acceptors (Lipinski definition) is 7. The maximum Gasteiger partial charge on any atom is 0.252 e. The molecule has 33 heavy (non-hydrogen) atoms. The molecule has 1 fully saturated rings. The molecule has 0 saturated heterocycles. The fourth-order valence-electron chi connectivity index (χ4n) is 4.24. The second-order valence-electron chi connectivity index (χ2n) is 8.83. The zero-order valence-corrected chi connectivity index (χ0v) is 19.2. The van der Waals surface area contributed by atoms with Crippen LogP contribution in [0, 0.1) is 0 Å². The zero-order valence-electron chi connectivity index (χ0n) is 19.2. The molecule has 2 unspecified atom stereocenters. The lowest BCUT2D eigenvalue weighted by Gasteiger charge is -2.29. The number of rotatable bonds is 7. The number of carbonyl (C=O) groups is 1. The number of anilines is 2. The number of amides is 1. The standard InChI is InChI=1S/C25H31N7O/c1-32(2)15-17-11-18(14-28-13-17)21-12-19(30-24-9-10-27-16-29-24)7-8-20(21)25(33)31-23-6-4-3-5-22(23)26/h7-14,16,22-23H,3-6,15,26H2,1-2H3,(H,31,33)(H,27,29,30). The molecule has 0 radical (unpaired) electrons. The van der Waals surface area contributed by atoms with E-state index in [0.29, 0.717) is 11.4 Å². The van der Waals surface area contributed by atoms with Gasteiger partial charge in [-0.1, -0.05) is 12.8 Å². The van der Waals surface area contributed by atoms with Crippen molar-refractivity contribution in [1.29, 1.82) is 0 Å². The number of benzene rings is 1. The lowest BCUT2D eigenvalue weighted by Crippen LogP contribution is -2.49. The Morgan fingerprint density at radius 3 is 2.73 bits per heavy atom. The Morgan fingerprint density at radius 2 is 1.97 bits per heavy atom. The fourth-order valence-corrected chi connectivity index (χ4v) is 4.24. The van der Waals surface area contributed by atoms with E-state index < -0.39 is 0 Å². The molecule has 8 nitrogen and oxygen atoms in total. The molecule has 2 atom stereocenters. The van der Waals surface area contributed by atoms with E-state index in [9.17, 15) is 4.79 Å². The number of pyridine rings is 1. The van der Waals surface area contributed by atoms with Crippen molar-refractivity contribution in [3.63, 3.8) is 0 Å². The van der Waals surface area contributed by atoms with Gasteiger partial charge in [0.15, 0.2) is 0 Å². The highest BCUT2D eigenvalue weighted by Crippen LogP contribution is 2.29. The highest BCUT2D eigenvalue weighted by molar-refractivity contribution is 6.01. The number of nitrogens with two attached hydrogens (primary N) is 1. The first kappa shape index (κ1) is 22.8. The average molecular weight is 446 g/mol. The first-order chi connectivity index (χ1) is 16.0. The van der Waals surface area contributed by atoms with E-state index in [0.717, 1.165) is 54.6 Å². The first-order valence-corrected chi connectivity index (χ1v) is 11.3. The van der Waals surface area contributed by atoms with Crippen LogP contribution in [0.3, 0.4) is 0 Å². The molecular formula is C25H31N7O. The van der Waals surface area contributed by atoms with Crippen LogP contribution in [-0.2, 0) is 6.54 Å². The predicted octanol–water partition coefficient (Wildman–Crippen LogP) is 3.34. The van der Waals surface area contributed by atoms with Crippen LogP contribution in [0.15, 0.2) is 55.2 Å². The van der Waals surface area contributed by atoms with Gasteiger partial charge in [-0.2, -0.15) is 0 Å². The van der Waals surface area contributed by atoms with Crippen molar-refractivity contribution in [1.82, 2.24) is 25.2 Å². The minimum Gasteiger partial charge on any atom is -0.348 e. The minimum atomic E-state index is -0.112. The molecule has 1 aliphatic rings. The van der Waals surface area contributed by atoms with E-state index in [1.54, 1.807) is 18.5 Å². The maximum absolute atomic E-state index is 13.3. The molecule has 172 valence electrons. The highest BCUT2D eigenvalue weighted by atomic mass is 16.1. The predicted molar refractivity (Wildman–Crippen MR) is 130 cm³/mol. The van der Waals surface area contributed by atoms with Crippen molar-refractivity contribution < 1.29 is 4.79 Å². The summed E-state index contributed by atoms with van der Waals surface area (Å²) in [6, 6.07) is 9.57. The summed E-state index contributed by atoms with van der Waals surface area (Å²) in [6.07, 6.45) is 10.9. The Balaban J connectivity index is 1.68. The second-order valence-corrected chi connectivity index (χ2v) is 8.83. The quantitative estimate of drug-likeness (QED) is 0.512. The second kappa shape index (κ2) is 10.5. The Hall–Kier alpha value is -3.36. The molecule has 1 aliphatic carbocycles. The normalized spacial score (nSPS) is 18.2. The number of aromatic nitrogens is 3. The Kier molecular flexibility index (Phi) is 7.26. The van der Waals surface area contributed by atoms with E-state index in [-0.39, 0.29) is 18.0 Å². The van der Waals surface area contributed by atoms with Gasteiger partial charge < -0.3 is 21.3 Å². The van der Waals surface area contributed by atoms with Gasteiger partial charge in [-0.25, -0.2) is 9.97 Å². The number of hydrogen-bond donors (Lipinski definition) is 3. The summed E-state index contributed by atoms with van der Waals surface area (Å²) in [7, 11) is 4.04. The summed E-state index contributed by atoms with van der Waals surface area (Å²) in [4.78, 5) is 28.1. The lowest BCUT2D eigenvalue weighted by atomic mass is 9.90. The monoisotopic (exact) mass is 445 g/mol. The van der Waals surface area contributed by atoms with Gasteiger partial charge in [-0.3, -0.25) is 9.78 Å². The van der Waals surface area contributed by atoms with Crippen LogP contribution in [0.5, 0.6) is 0 Å². The average Bonchev–Trinajstić information content (AvgIpc) is 2.81. The van der Waals surface area contributed by atoms with E-state index in [1.807, 2.05) is 38.5 Å². The smallest absolute Gasteiger partial charge is 0.252 e. The summed E-state index contributed by atoms with van der Waals surface area (Å²) in [5.74, 6) is 0.569. The highest BCUT2D eigenvalue weighted by Gasteiger charge is 2.25. The van der Waals surface area contributed by atoms with E-state index >= 15 is 0 Å². The van der Waals surface area contributed by atoms with Gasteiger partial charge in [-0.15, -0.1) is 0 Å². The first-order valence-electron chi connectivity index (χ1n) is 11.3. The van der Waals surface area contributed by atoms with Crippen molar-refractivity contribution >= 4 is 17.4 Å². The molecule has 4 rings (SSSR count). The van der Waals surface area contributed by atoms with Crippen molar-refractivity contribution in [2.24, 2.45) is 5.73 Å². The molecule has 0 aliphatic heterocycles. The van der Waals surface area contributed by atoms with Crippen molar-refractivity contribution in [2.45, 2.75) is 44.3 Å². The molecule has 0 bridgehead atoms. The third-order valence-corrected chi connectivity index (χ3v) is 5.86. The Bertz CT molecular complexity index is 1090. The van der Waals surface area contributed by atoms with E-state index in [2.05, 4.69) is 36.6 Å². The molecule has 1 aromatic carbocycles. The van der Waals surface area contributed by atoms with Gasteiger partial charge in [0.05, 0.1) is 0 Å². The van der Waals surface area contributed by atoms with Crippen LogP contribution < -0.4 is 16.4 Å². The van der Waals surface area contributed by atoms with Crippen LogP contribution >= 0.6 is 0 Å². The molecule has 1 amide bonds. The molecule has 8 heteroatoms. The van der Waals surface area contributed by atoms with Gasteiger partial charge in [0.25, 0.3) is 5.91 Å². The molecule has 1 saturated carbocycles. The summed E-state index contributed by atoms with van der Waals surface area (Å²) >= 11 is 0. The lowest BCUT2D eigenvalue weighted by molar-refractivity contribution is 0.0922. The van der Waals surface area contributed by atoms with Crippen LogP contribution in [0.2, 0.25) is 0 Å². The molecule has 3 aromatic rings. The number of carbonyl (C=O) groups excluding carboxylic acids is 1. The molecule has 4 N–H and O–H groups in total. The zero-order chi connectivity index (χ0) is 23.2.